The maximum atomic E-state index is 12.4. The highest BCUT2D eigenvalue weighted by atomic mass is 79.9. The molecule has 0 bridgehead atoms. The standard InChI is InChI=1S/C16H17BrN2O4/c1-16(2,15(22)23)6-7-18-14(21)10-8-12(20)19-13-9(10)4-3-5-11(13)17/h3-5,8H,6-7H2,1-2H3,(H,18,21)(H,19,20)(H,22,23). The van der Waals surface area contributed by atoms with E-state index in [1.807, 2.05) is 0 Å². The summed E-state index contributed by atoms with van der Waals surface area (Å²) in [6.45, 7) is 3.41. The molecule has 0 aliphatic rings. The van der Waals surface area contributed by atoms with Crippen molar-refractivity contribution in [3.8, 4) is 0 Å². The molecular weight excluding hydrogens is 364 g/mol. The Hall–Kier alpha value is -2.15. The van der Waals surface area contributed by atoms with E-state index in [-0.39, 0.29) is 17.7 Å². The summed E-state index contributed by atoms with van der Waals surface area (Å²) in [5.41, 5.74) is -0.485. The molecule has 1 amide bonds. The van der Waals surface area contributed by atoms with Crippen LogP contribution < -0.4 is 10.9 Å². The second-order valence-electron chi connectivity index (χ2n) is 5.90. The van der Waals surface area contributed by atoms with Gasteiger partial charge in [-0.2, -0.15) is 0 Å². The Kier molecular flexibility index (Phi) is 4.89. The highest BCUT2D eigenvalue weighted by Crippen LogP contribution is 2.23. The van der Waals surface area contributed by atoms with Crippen molar-refractivity contribution in [1.29, 1.82) is 0 Å². The Bertz CT molecular complexity index is 826. The first kappa shape index (κ1) is 17.2. The molecule has 0 aliphatic carbocycles. The Balaban J connectivity index is 2.24. The van der Waals surface area contributed by atoms with E-state index in [1.54, 1.807) is 32.0 Å². The fraction of sp³-hybridized carbons (Fsp3) is 0.312. The average molecular weight is 381 g/mol. The monoisotopic (exact) mass is 380 g/mol. The molecule has 0 radical (unpaired) electrons. The summed E-state index contributed by atoms with van der Waals surface area (Å²) < 4.78 is 0.689. The molecular formula is C16H17BrN2O4. The zero-order chi connectivity index (χ0) is 17.2. The van der Waals surface area contributed by atoms with E-state index < -0.39 is 17.3 Å². The number of carbonyl (C=O) groups is 2. The predicted molar refractivity (Wildman–Crippen MR) is 90.6 cm³/mol. The zero-order valence-electron chi connectivity index (χ0n) is 12.8. The third-order valence-corrected chi connectivity index (χ3v) is 4.35. The molecule has 0 saturated heterocycles. The van der Waals surface area contributed by atoms with E-state index in [2.05, 4.69) is 26.2 Å². The number of H-pyrrole nitrogens is 1. The molecule has 0 unspecified atom stereocenters. The van der Waals surface area contributed by atoms with Gasteiger partial charge in [0, 0.05) is 22.5 Å². The largest absolute Gasteiger partial charge is 0.481 e. The number of aromatic nitrogens is 1. The fourth-order valence-electron chi connectivity index (χ4n) is 2.12. The number of aromatic amines is 1. The molecule has 6 nitrogen and oxygen atoms in total. The van der Waals surface area contributed by atoms with Gasteiger partial charge in [0.05, 0.1) is 16.5 Å². The van der Waals surface area contributed by atoms with Crippen LogP contribution in [0.25, 0.3) is 10.9 Å². The lowest BCUT2D eigenvalue weighted by atomic mass is 9.89. The summed E-state index contributed by atoms with van der Waals surface area (Å²) in [4.78, 5) is 37.8. The third-order valence-electron chi connectivity index (χ3n) is 3.69. The quantitative estimate of drug-likeness (QED) is 0.741. The number of rotatable bonds is 5. The number of fused-ring (bicyclic) bond motifs is 1. The molecule has 0 atom stereocenters. The van der Waals surface area contributed by atoms with Crippen LogP contribution in [-0.2, 0) is 4.79 Å². The Morgan fingerprint density at radius 1 is 1.35 bits per heavy atom. The second kappa shape index (κ2) is 6.54. The van der Waals surface area contributed by atoms with Crippen LogP contribution in [0.1, 0.15) is 30.6 Å². The lowest BCUT2D eigenvalue weighted by Crippen LogP contribution is -2.32. The number of benzene rings is 1. The van der Waals surface area contributed by atoms with Crippen molar-refractivity contribution < 1.29 is 14.7 Å². The summed E-state index contributed by atoms with van der Waals surface area (Å²) in [6.07, 6.45) is 0.291. The van der Waals surface area contributed by atoms with Crippen LogP contribution in [0.15, 0.2) is 33.5 Å². The van der Waals surface area contributed by atoms with Gasteiger partial charge in [-0.25, -0.2) is 0 Å². The molecule has 0 fully saturated rings. The maximum absolute atomic E-state index is 12.4. The molecule has 0 aliphatic heterocycles. The number of hydrogen-bond acceptors (Lipinski definition) is 3. The van der Waals surface area contributed by atoms with Crippen molar-refractivity contribution in [3.05, 3.63) is 44.7 Å². The molecule has 1 heterocycles. The maximum Gasteiger partial charge on any atom is 0.309 e. The molecule has 0 saturated carbocycles. The number of aliphatic carboxylic acids is 1. The number of amides is 1. The molecule has 23 heavy (non-hydrogen) atoms. The first-order valence-electron chi connectivity index (χ1n) is 7.05. The van der Waals surface area contributed by atoms with Crippen molar-refractivity contribution in [3.63, 3.8) is 0 Å². The molecule has 122 valence electrons. The molecule has 1 aromatic carbocycles. The smallest absolute Gasteiger partial charge is 0.309 e. The predicted octanol–water partition coefficient (Wildman–Crippen LogP) is 2.52. The Morgan fingerprint density at radius 2 is 2.04 bits per heavy atom. The molecule has 2 rings (SSSR count). The summed E-state index contributed by atoms with van der Waals surface area (Å²) in [5.74, 6) is -1.32. The number of halogens is 1. The van der Waals surface area contributed by atoms with Crippen molar-refractivity contribution in [1.82, 2.24) is 10.3 Å². The van der Waals surface area contributed by atoms with Gasteiger partial charge in [0.15, 0.2) is 0 Å². The van der Waals surface area contributed by atoms with Gasteiger partial charge in [-0.1, -0.05) is 12.1 Å². The fourth-order valence-corrected chi connectivity index (χ4v) is 2.59. The van der Waals surface area contributed by atoms with Crippen molar-refractivity contribution >= 4 is 38.7 Å². The highest BCUT2D eigenvalue weighted by Gasteiger charge is 2.26. The summed E-state index contributed by atoms with van der Waals surface area (Å²) in [7, 11) is 0. The van der Waals surface area contributed by atoms with Crippen LogP contribution in [0.3, 0.4) is 0 Å². The van der Waals surface area contributed by atoms with E-state index >= 15 is 0 Å². The van der Waals surface area contributed by atoms with Gasteiger partial charge in [-0.3, -0.25) is 14.4 Å². The van der Waals surface area contributed by atoms with Gasteiger partial charge in [0.1, 0.15) is 0 Å². The third kappa shape index (κ3) is 3.79. The topological polar surface area (TPSA) is 99.3 Å². The normalized spacial score (nSPS) is 11.4. The molecule has 1 aromatic heterocycles. The van der Waals surface area contributed by atoms with E-state index in [1.165, 1.54) is 6.07 Å². The first-order chi connectivity index (χ1) is 10.7. The van der Waals surface area contributed by atoms with Crippen LogP contribution in [-0.4, -0.2) is 28.5 Å². The number of hydrogen-bond donors (Lipinski definition) is 3. The molecule has 2 aromatic rings. The number of carboxylic acids is 1. The first-order valence-corrected chi connectivity index (χ1v) is 7.85. The minimum absolute atomic E-state index is 0.209. The van der Waals surface area contributed by atoms with E-state index in [9.17, 15) is 14.4 Å². The number of pyridine rings is 1. The second-order valence-corrected chi connectivity index (χ2v) is 6.76. The van der Waals surface area contributed by atoms with Gasteiger partial charge in [0.25, 0.3) is 5.91 Å². The summed E-state index contributed by atoms with van der Waals surface area (Å²) >= 11 is 3.34. The van der Waals surface area contributed by atoms with Gasteiger partial charge in [-0.15, -0.1) is 0 Å². The number of carbonyl (C=O) groups excluding carboxylic acids is 1. The highest BCUT2D eigenvalue weighted by molar-refractivity contribution is 9.10. The average Bonchev–Trinajstić information content (AvgIpc) is 2.47. The van der Waals surface area contributed by atoms with E-state index in [4.69, 9.17) is 5.11 Å². The van der Waals surface area contributed by atoms with Crippen molar-refractivity contribution in [2.75, 3.05) is 6.54 Å². The van der Waals surface area contributed by atoms with Crippen molar-refractivity contribution in [2.45, 2.75) is 20.3 Å². The van der Waals surface area contributed by atoms with Crippen molar-refractivity contribution in [2.24, 2.45) is 5.41 Å². The van der Waals surface area contributed by atoms with Crippen LogP contribution in [0.2, 0.25) is 0 Å². The number of nitrogens with one attached hydrogen (secondary N) is 2. The van der Waals surface area contributed by atoms with E-state index in [0.29, 0.717) is 21.8 Å². The van der Waals surface area contributed by atoms with Crippen LogP contribution in [0.5, 0.6) is 0 Å². The van der Waals surface area contributed by atoms with Crippen LogP contribution >= 0.6 is 15.9 Å². The van der Waals surface area contributed by atoms with Crippen LogP contribution in [0, 0.1) is 5.41 Å². The number of carboxylic acid groups (broad SMARTS) is 1. The lowest BCUT2D eigenvalue weighted by molar-refractivity contribution is -0.147. The molecule has 3 N–H and O–H groups in total. The number of para-hydroxylation sites is 1. The molecule has 0 spiro atoms. The van der Waals surface area contributed by atoms with E-state index in [0.717, 1.165) is 0 Å². The Morgan fingerprint density at radius 3 is 2.70 bits per heavy atom. The van der Waals surface area contributed by atoms with Gasteiger partial charge in [0.2, 0.25) is 5.56 Å². The SMILES string of the molecule is CC(C)(CCNC(=O)c1cc(=O)[nH]c2c(Br)cccc12)C(=O)O. The zero-order valence-corrected chi connectivity index (χ0v) is 14.4. The minimum atomic E-state index is -0.924. The van der Waals surface area contributed by atoms with Gasteiger partial charge < -0.3 is 15.4 Å². The minimum Gasteiger partial charge on any atom is -0.481 e. The summed E-state index contributed by atoms with van der Waals surface area (Å²) in [5, 5.41) is 12.4. The molecule has 7 heteroatoms. The van der Waals surface area contributed by atoms with Gasteiger partial charge in [-0.05, 0) is 42.3 Å². The van der Waals surface area contributed by atoms with Crippen LogP contribution in [0.4, 0.5) is 0 Å². The summed E-state index contributed by atoms with van der Waals surface area (Å²) in [6, 6.07) is 6.53. The van der Waals surface area contributed by atoms with Gasteiger partial charge >= 0.3 is 5.97 Å². The Labute approximate surface area is 141 Å². The lowest BCUT2D eigenvalue weighted by Gasteiger charge is -2.19.